The third kappa shape index (κ3) is 5.20. The highest BCUT2D eigenvalue weighted by atomic mass is 19.2. The van der Waals surface area contributed by atoms with E-state index in [1.165, 1.54) is 31.4 Å². The Bertz CT molecular complexity index is 558. The van der Waals surface area contributed by atoms with Crippen molar-refractivity contribution in [2.75, 3.05) is 19.8 Å². The van der Waals surface area contributed by atoms with Gasteiger partial charge in [0.1, 0.15) is 6.61 Å². The molecule has 2 rings (SSSR count). The first-order chi connectivity index (χ1) is 11.7. The summed E-state index contributed by atoms with van der Waals surface area (Å²) in [5, 5.41) is 0. The maximum absolute atomic E-state index is 13.9. The minimum atomic E-state index is -1.02. The highest BCUT2D eigenvalue weighted by Crippen LogP contribution is 2.28. The van der Waals surface area contributed by atoms with Crippen molar-refractivity contribution >= 4 is 0 Å². The first-order valence-corrected chi connectivity index (χ1v) is 8.68. The molecule has 0 saturated carbocycles. The van der Waals surface area contributed by atoms with Crippen LogP contribution in [-0.2, 0) is 4.74 Å². The summed E-state index contributed by atoms with van der Waals surface area (Å²) in [5.41, 5.74) is 0.954. The molecule has 1 atom stereocenters. The maximum atomic E-state index is 13.9. The lowest BCUT2D eigenvalue weighted by Gasteiger charge is -2.23. The molecular weight excluding hydrogens is 314 g/mol. The number of hydrogen-bond acceptors (Lipinski definition) is 3. The molecule has 1 aromatic rings. The van der Waals surface area contributed by atoms with Gasteiger partial charge in [-0.3, -0.25) is 0 Å². The van der Waals surface area contributed by atoms with E-state index in [1.807, 2.05) is 0 Å². The molecule has 0 saturated heterocycles. The van der Waals surface area contributed by atoms with Gasteiger partial charge in [0, 0.05) is 0 Å². The van der Waals surface area contributed by atoms with Crippen LogP contribution < -0.4 is 9.47 Å². The van der Waals surface area contributed by atoms with E-state index >= 15 is 0 Å². The minimum absolute atomic E-state index is 0.0995. The van der Waals surface area contributed by atoms with Crippen LogP contribution in [-0.4, -0.2) is 25.9 Å². The Hall–Kier alpha value is -1.62. The summed E-state index contributed by atoms with van der Waals surface area (Å²) in [4.78, 5) is 0. The normalized spacial score (nSPS) is 17.5. The van der Waals surface area contributed by atoms with Gasteiger partial charge in [-0.1, -0.05) is 32.3 Å². The largest absolute Gasteiger partial charge is 0.491 e. The lowest BCUT2D eigenvalue weighted by atomic mass is 10.0. The van der Waals surface area contributed by atoms with Crippen LogP contribution in [0.5, 0.6) is 11.5 Å². The third-order valence-electron chi connectivity index (χ3n) is 4.03. The fraction of sp³-hybridized carbons (Fsp3) is 0.579. The van der Waals surface area contributed by atoms with Crippen molar-refractivity contribution in [3.8, 4) is 11.5 Å². The number of benzene rings is 1. The van der Waals surface area contributed by atoms with Gasteiger partial charge in [-0.15, -0.1) is 0 Å². The summed E-state index contributed by atoms with van der Waals surface area (Å²) in [6, 6.07) is 2.77. The van der Waals surface area contributed by atoms with Gasteiger partial charge in [0.15, 0.2) is 11.5 Å². The van der Waals surface area contributed by atoms with Crippen molar-refractivity contribution < 1.29 is 23.0 Å². The van der Waals surface area contributed by atoms with E-state index in [-0.39, 0.29) is 30.8 Å². The molecule has 1 aliphatic heterocycles. The van der Waals surface area contributed by atoms with Crippen molar-refractivity contribution in [1.82, 2.24) is 0 Å². The molecule has 5 heteroatoms. The van der Waals surface area contributed by atoms with Gasteiger partial charge in [0.05, 0.1) is 19.3 Å². The predicted octanol–water partition coefficient (Wildman–Crippen LogP) is 5.04. The Kier molecular flexibility index (Phi) is 7.50. The average molecular weight is 340 g/mol. The molecule has 1 heterocycles. The summed E-state index contributed by atoms with van der Waals surface area (Å²) in [6.07, 6.45) is 7.87. The Morgan fingerprint density at radius 2 is 1.79 bits per heavy atom. The highest BCUT2D eigenvalue weighted by molar-refractivity contribution is 5.35. The fourth-order valence-corrected chi connectivity index (χ4v) is 2.64. The highest BCUT2D eigenvalue weighted by Gasteiger charge is 2.18. The molecule has 0 spiro atoms. The summed E-state index contributed by atoms with van der Waals surface area (Å²) in [5.74, 6) is -2.24. The molecule has 0 N–H and O–H groups in total. The zero-order valence-corrected chi connectivity index (χ0v) is 14.4. The number of rotatable bonds is 9. The predicted molar refractivity (Wildman–Crippen MR) is 89.6 cm³/mol. The Morgan fingerprint density at radius 1 is 1.08 bits per heavy atom. The van der Waals surface area contributed by atoms with E-state index in [0.717, 1.165) is 18.4 Å². The molecule has 0 amide bonds. The van der Waals surface area contributed by atoms with Crippen LogP contribution in [0.15, 0.2) is 23.8 Å². The van der Waals surface area contributed by atoms with Crippen molar-refractivity contribution in [1.29, 1.82) is 0 Å². The van der Waals surface area contributed by atoms with Crippen LogP contribution in [0.2, 0.25) is 0 Å². The van der Waals surface area contributed by atoms with E-state index in [9.17, 15) is 8.78 Å². The Morgan fingerprint density at radius 3 is 2.38 bits per heavy atom. The van der Waals surface area contributed by atoms with Gasteiger partial charge < -0.3 is 14.2 Å². The fourth-order valence-electron chi connectivity index (χ4n) is 2.64. The zero-order valence-electron chi connectivity index (χ0n) is 14.4. The second-order valence-corrected chi connectivity index (χ2v) is 5.94. The van der Waals surface area contributed by atoms with Crippen molar-refractivity contribution in [3.05, 3.63) is 35.4 Å². The number of unbranched alkanes of at least 4 members (excludes halogenated alkanes) is 2. The molecule has 1 aromatic carbocycles. The summed E-state index contributed by atoms with van der Waals surface area (Å²) in [7, 11) is 0. The minimum Gasteiger partial charge on any atom is -0.491 e. The van der Waals surface area contributed by atoms with E-state index < -0.39 is 11.6 Å². The first kappa shape index (κ1) is 18.7. The van der Waals surface area contributed by atoms with Crippen LogP contribution in [0, 0.1) is 11.6 Å². The molecule has 1 aliphatic rings. The van der Waals surface area contributed by atoms with Gasteiger partial charge >= 0.3 is 0 Å². The molecule has 0 fully saturated rings. The molecule has 24 heavy (non-hydrogen) atoms. The van der Waals surface area contributed by atoms with Gasteiger partial charge in [-0.2, -0.15) is 8.78 Å². The number of hydrogen-bond donors (Lipinski definition) is 0. The molecule has 0 radical (unpaired) electrons. The molecule has 134 valence electrons. The summed E-state index contributed by atoms with van der Waals surface area (Å²) in [6.45, 7) is 4.86. The Labute approximate surface area is 142 Å². The molecule has 0 bridgehead atoms. The van der Waals surface area contributed by atoms with E-state index in [1.54, 1.807) is 6.92 Å². The monoisotopic (exact) mass is 340 g/mol. The van der Waals surface area contributed by atoms with Crippen LogP contribution >= 0.6 is 0 Å². The zero-order chi connectivity index (χ0) is 17.4. The number of ether oxygens (including phenoxy) is 3. The van der Waals surface area contributed by atoms with Crippen molar-refractivity contribution in [3.63, 3.8) is 0 Å². The second kappa shape index (κ2) is 9.62. The SMILES string of the molecule is CCCCCC1CC=C(COc2ccc(OCC)c(F)c2F)CO1. The van der Waals surface area contributed by atoms with Gasteiger partial charge in [0.25, 0.3) is 0 Å². The quantitative estimate of drug-likeness (QED) is 0.466. The van der Waals surface area contributed by atoms with E-state index in [0.29, 0.717) is 6.61 Å². The van der Waals surface area contributed by atoms with Crippen LogP contribution in [0.1, 0.15) is 46.0 Å². The summed E-state index contributed by atoms with van der Waals surface area (Å²) < 4.78 is 44.0. The second-order valence-electron chi connectivity index (χ2n) is 5.94. The third-order valence-corrected chi connectivity index (χ3v) is 4.03. The molecule has 1 unspecified atom stereocenters. The van der Waals surface area contributed by atoms with Crippen LogP contribution in [0.4, 0.5) is 8.78 Å². The molecule has 0 aromatic heterocycles. The maximum Gasteiger partial charge on any atom is 0.204 e. The average Bonchev–Trinajstić information content (AvgIpc) is 2.60. The van der Waals surface area contributed by atoms with Crippen LogP contribution in [0.3, 0.4) is 0 Å². The van der Waals surface area contributed by atoms with Gasteiger partial charge in [-0.25, -0.2) is 0 Å². The topological polar surface area (TPSA) is 27.7 Å². The lowest BCUT2D eigenvalue weighted by Crippen LogP contribution is -2.21. The first-order valence-electron chi connectivity index (χ1n) is 8.68. The van der Waals surface area contributed by atoms with Crippen LogP contribution in [0.25, 0.3) is 0 Å². The van der Waals surface area contributed by atoms with E-state index in [2.05, 4.69) is 13.0 Å². The summed E-state index contributed by atoms with van der Waals surface area (Å²) >= 11 is 0. The molecule has 3 nitrogen and oxygen atoms in total. The van der Waals surface area contributed by atoms with E-state index in [4.69, 9.17) is 14.2 Å². The molecule has 0 aliphatic carbocycles. The van der Waals surface area contributed by atoms with Gasteiger partial charge in [0.2, 0.25) is 11.6 Å². The van der Waals surface area contributed by atoms with Crippen molar-refractivity contribution in [2.45, 2.75) is 52.1 Å². The lowest BCUT2D eigenvalue weighted by molar-refractivity contribution is 0.0496. The standard InChI is InChI=1S/C19H26F2O3/c1-3-5-6-7-15-9-8-14(12-23-15)13-24-17-11-10-16(22-4-2)18(20)19(17)21/h8,10-11,15H,3-7,9,12-13H2,1-2H3. The molecular formula is C19H26F2O3. The number of halogens is 2. The van der Waals surface area contributed by atoms with Crippen molar-refractivity contribution in [2.24, 2.45) is 0 Å². The Balaban J connectivity index is 1.85. The van der Waals surface area contributed by atoms with Gasteiger partial charge in [-0.05, 0) is 37.5 Å². The smallest absolute Gasteiger partial charge is 0.204 e.